The number of nitrogens with zero attached hydrogens (tertiary/aromatic N) is 1. The minimum absolute atomic E-state index is 0.103. The van der Waals surface area contributed by atoms with Gasteiger partial charge in [0, 0.05) is 6.54 Å². The summed E-state index contributed by atoms with van der Waals surface area (Å²) in [6, 6.07) is 5.26. The first kappa shape index (κ1) is 33.4. The molecule has 0 radical (unpaired) electrons. The van der Waals surface area contributed by atoms with Gasteiger partial charge in [0.05, 0.1) is 6.04 Å². The third kappa shape index (κ3) is 11.7. The van der Waals surface area contributed by atoms with E-state index in [-0.39, 0.29) is 30.8 Å². The van der Waals surface area contributed by atoms with Gasteiger partial charge in [-0.15, -0.1) is 0 Å². The summed E-state index contributed by atoms with van der Waals surface area (Å²) in [4.78, 5) is 55.1. The number of hydrogen-bond donors (Lipinski definition) is 7. The van der Waals surface area contributed by atoms with Crippen molar-refractivity contribution < 1.29 is 24.3 Å². The number of aliphatic imine (C=N–C) groups is 1. The number of rotatable bonds is 17. The van der Waals surface area contributed by atoms with Crippen molar-refractivity contribution in [3.05, 3.63) is 35.9 Å². The van der Waals surface area contributed by atoms with Crippen LogP contribution in [0.1, 0.15) is 58.9 Å². The van der Waals surface area contributed by atoms with Gasteiger partial charge in [0.25, 0.3) is 0 Å². The van der Waals surface area contributed by atoms with Crippen molar-refractivity contribution in [1.82, 2.24) is 16.0 Å². The smallest absolute Gasteiger partial charge is 0.326 e. The van der Waals surface area contributed by atoms with Gasteiger partial charge in [-0.1, -0.05) is 70.9 Å². The molecule has 0 aromatic heterocycles. The number of nitrogens with one attached hydrogen (secondary N) is 3. The molecule has 0 fully saturated rings. The Labute approximate surface area is 230 Å². The molecule has 1 aromatic carbocycles. The van der Waals surface area contributed by atoms with Crippen LogP contribution in [0.5, 0.6) is 0 Å². The SMILES string of the molecule is CCC(C)C(NC(=O)C(CCCN=C(N)N)NC(=O)C(NC(=O)C(N)Cc1ccccc1)C(C)CC)C(=O)O. The number of aliphatic carboxylic acids is 1. The second kappa shape index (κ2) is 17.0. The molecule has 6 unspecified atom stereocenters. The van der Waals surface area contributed by atoms with Crippen LogP contribution in [0.4, 0.5) is 0 Å². The van der Waals surface area contributed by atoms with Crippen LogP contribution in [0.2, 0.25) is 0 Å². The van der Waals surface area contributed by atoms with Crippen molar-refractivity contribution in [2.24, 2.45) is 34.0 Å². The van der Waals surface area contributed by atoms with Crippen LogP contribution in [0.25, 0.3) is 0 Å². The highest BCUT2D eigenvalue weighted by atomic mass is 16.4. The minimum atomic E-state index is -1.17. The summed E-state index contributed by atoms with van der Waals surface area (Å²) in [5.74, 6) is -3.57. The Morgan fingerprint density at radius 2 is 1.44 bits per heavy atom. The topological polar surface area (TPSA) is 215 Å². The molecule has 39 heavy (non-hydrogen) atoms. The van der Waals surface area contributed by atoms with Crippen molar-refractivity contribution in [1.29, 1.82) is 0 Å². The zero-order valence-corrected chi connectivity index (χ0v) is 23.4. The summed E-state index contributed by atoms with van der Waals surface area (Å²) in [7, 11) is 0. The Balaban J connectivity index is 3.06. The number of guanidine groups is 1. The lowest BCUT2D eigenvalue weighted by atomic mass is 9.96. The summed E-state index contributed by atoms with van der Waals surface area (Å²) in [5.41, 5.74) is 17.7. The van der Waals surface area contributed by atoms with Gasteiger partial charge in [-0.2, -0.15) is 0 Å². The van der Waals surface area contributed by atoms with Crippen LogP contribution in [0, 0.1) is 11.8 Å². The summed E-state index contributed by atoms with van der Waals surface area (Å²) >= 11 is 0. The van der Waals surface area contributed by atoms with Gasteiger partial charge >= 0.3 is 5.97 Å². The maximum Gasteiger partial charge on any atom is 0.326 e. The number of carbonyl (C=O) groups excluding carboxylic acids is 3. The third-order valence-corrected chi connectivity index (χ3v) is 6.78. The number of carboxylic acid groups (broad SMARTS) is 1. The number of carboxylic acids is 1. The number of hydrogen-bond acceptors (Lipinski definition) is 6. The second-order valence-corrected chi connectivity index (χ2v) is 9.89. The normalized spacial score (nSPS) is 15.5. The Kier molecular flexibility index (Phi) is 14.6. The first-order valence-corrected chi connectivity index (χ1v) is 13.4. The highest BCUT2D eigenvalue weighted by Crippen LogP contribution is 2.12. The van der Waals surface area contributed by atoms with Crippen LogP contribution in [-0.2, 0) is 25.6 Å². The van der Waals surface area contributed by atoms with Crippen LogP contribution < -0.4 is 33.2 Å². The van der Waals surface area contributed by atoms with Gasteiger partial charge in [-0.05, 0) is 36.7 Å². The molecule has 0 saturated carbocycles. The van der Waals surface area contributed by atoms with E-state index in [0.717, 1.165) is 5.56 Å². The molecule has 12 heteroatoms. The van der Waals surface area contributed by atoms with E-state index >= 15 is 0 Å². The monoisotopic (exact) mass is 547 g/mol. The van der Waals surface area contributed by atoms with Gasteiger partial charge in [-0.25, -0.2) is 4.79 Å². The molecule has 0 spiro atoms. The first-order valence-electron chi connectivity index (χ1n) is 13.4. The molecular formula is C27H45N7O5. The fourth-order valence-electron chi connectivity index (χ4n) is 3.89. The molecule has 0 aliphatic carbocycles. The molecule has 0 heterocycles. The summed E-state index contributed by atoms with van der Waals surface area (Å²) in [6.07, 6.45) is 1.89. The van der Waals surface area contributed by atoms with E-state index in [1.807, 2.05) is 51.1 Å². The highest BCUT2D eigenvalue weighted by molar-refractivity contribution is 5.94. The average molecular weight is 548 g/mol. The van der Waals surface area contributed by atoms with Crippen LogP contribution in [-0.4, -0.2) is 65.5 Å². The maximum absolute atomic E-state index is 13.4. The third-order valence-electron chi connectivity index (χ3n) is 6.78. The number of amides is 3. The lowest BCUT2D eigenvalue weighted by molar-refractivity contribution is -0.144. The standard InChI is InChI=1S/C27H45N7O5/c1-5-16(3)21(33-23(35)19(28)15-18-11-8-7-9-12-18)25(37)32-20(13-10-14-31-27(29)30)24(36)34-22(26(38)39)17(4)6-2/h7-9,11-12,16-17,19-22H,5-6,10,13-15,28H2,1-4H3,(H,32,37)(H,33,35)(H,34,36)(H,38,39)(H4,29,30,31). The lowest BCUT2D eigenvalue weighted by Gasteiger charge is -2.28. The van der Waals surface area contributed by atoms with E-state index in [0.29, 0.717) is 25.7 Å². The lowest BCUT2D eigenvalue weighted by Crippen LogP contribution is -2.59. The molecular weight excluding hydrogens is 502 g/mol. The predicted molar refractivity (Wildman–Crippen MR) is 150 cm³/mol. The minimum Gasteiger partial charge on any atom is -0.480 e. The zero-order chi connectivity index (χ0) is 29.5. The fraction of sp³-hybridized carbons (Fsp3) is 0.593. The summed E-state index contributed by atoms with van der Waals surface area (Å²) in [5, 5.41) is 17.6. The largest absolute Gasteiger partial charge is 0.480 e. The molecule has 12 nitrogen and oxygen atoms in total. The Morgan fingerprint density at radius 3 is 1.97 bits per heavy atom. The van der Waals surface area contributed by atoms with Crippen molar-refractivity contribution in [3.8, 4) is 0 Å². The molecule has 6 atom stereocenters. The van der Waals surface area contributed by atoms with Crippen molar-refractivity contribution in [2.45, 2.75) is 84.0 Å². The van der Waals surface area contributed by atoms with Gasteiger partial charge < -0.3 is 38.3 Å². The van der Waals surface area contributed by atoms with Gasteiger partial charge in [0.2, 0.25) is 17.7 Å². The van der Waals surface area contributed by atoms with Gasteiger partial charge in [0.15, 0.2) is 5.96 Å². The Bertz CT molecular complexity index is 969. The quantitative estimate of drug-likeness (QED) is 0.0812. The van der Waals surface area contributed by atoms with E-state index in [2.05, 4.69) is 20.9 Å². The molecule has 3 amide bonds. The summed E-state index contributed by atoms with van der Waals surface area (Å²) < 4.78 is 0. The van der Waals surface area contributed by atoms with E-state index < -0.39 is 47.9 Å². The molecule has 0 aliphatic heterocycles. The van der Waals surface area contributed by atoms with Crippen LogP contribution >= 0.6 is 0 Å². The van der Waals surface area contributed by atoms with E-state index in [4.69, 9.17) is 17.2 Å². The van der Waals surface area contributed by atoms with E-state index in [1.54, 1.807) is 6.92 Å². The Hall–Kier alpha value is -3.67. The first-order chi connectivity index (χ1) is 18.4. The van der Waals surface area contributed by atoms with Gasteiger partial charge in [0.1, 0.15) is 18.1 Å². The summed E-state index contributed by atoms with van der Waals surface area (Å²) in [6.45, 7) is 7.45. The van der Waals surface area contributed by atoms with E-state index in [9.17, 15) is 24.3 Å². The molecule has 0 saturated heterocycles. The molecule has 218 valence electrons. The second-order valence-electron chi connectivity index (χ2n) is 9.89. The predicted octanol–water partition coefficient (Wildman–Crippen LogP) is 0.241. The molecule has 0 bridgehead atoms. The highest BCUT2D eigenvalue weighted by Gasteiger charge is 2.33. The average Bonchev–Trinajstić information content (AvgIpc) is 2.90. The van der Waals surface area contributed by atoms with Crippen molar-refractivity contribution in [3.63, 3.8) is 0 Å². The zero-order valence-electron chi connectivity index (χ0n) is 23.4. The number of benzene rings is 1. The van der Waals surface area contributed by atoms with Gasteiger partial charge in [-0.3, -0.25) is 19.4 Å². The molecule has 1 aromatic rings. The van der Waals surface area contributed by atoms with E-state index in [1.165, 1.54) is 0 Å². The number of nitrogens with two attached hydrogens (primary N) is 3. The molecule has 10 N–H and O–H groups in total. The van der Waals surface area contributed by atoms with Crippen LogP contribution in [0.3, 0.4) is 0 Å². The van der Waals surface area contributed by atoms with Crippen molar-refractivity contribution >= 4 is 29.7 Å². The Morgan fingerprint density at radius 1 is 0.872 bits per heavy atom. The fourth-order valence-corrected chi connectivity index (χ4v) is 3.89. The maximum atomic E-state index is 13.4. The molecule has 0 aliphatic rings. The number of carbonyl (C=O) groups is 4. The van der Waals surface area contributed by atoms with Crippen molar-refractivity contribution in [2.75, 3.05) is 6.54 Å². The molecule has 1 rings (SSSR count). The van der Waals surface area contributed by atoms with Crippen LogP contribution in [0.15, 0.2) is 35.3 Å².